The lowest BCUT2D eigenvalue weighted by Gasteiger charge is -2.30. The molecule has 0 saturated carbocycles. The Hall–Kier alpha value is -6.86. The highest BCUT2D eigenvalue weighted by molar-refractivity contribution is 7.91. The Morgan fingerprint density at radius 3 is 1.99 bits per heavy atom. The molecular weight excluding hydrogens is 963 g/mol. The van der Waals surface area contributed by atoms with Crippen molar-refractivity contribution < 1.29 is 66.3 Å². The molecule has 1 saturated heterocycles. The number of primary amides is 3. The van der Waals surface area contributed by atoms with Crippen molar-refractivity contribution in [3.05, 3.63) is 29.8 Å². The van der Waals surface area contributed by atoms with Crippen LogP contribution in [0.3, 0.4) is 0 Å². The van der Waals surface area contributed by atoms with Crippen molar-refractivity contribution in [3.63, 3.8) is 0 Å². The number of nitrogens with two attached hydrogens (primary N) is 3. The summed E-state index contributed by atoms with van der Waals surface area (Å²) in [5, 5.41) is 27.1. The van der Waals surface area contributed by atoms with Gasteiger partial charge in [-0.3, -0.25) is 52.7 Å². The molecule has 1 fully saturated rings. The lowest BCUT2D eigenvalue weighted by molar-refractivity contribution is -0.141. The molecule has 0 unspecified atom stereocenters. The van der Waals surface area contributed by atoms with Crippen molar-refractivity contribution in [1.29, 1.82) is 0 Å². The Kier molecular flexibility index (Phi) is 25.6. The largest absolute Gasteiger partial charge is 0.508 e. The number of carbonyl (C=O) groups excluding carboxylic acids is 11. The summed E-state index contributed by atoms with van der Waals surface area (Å²) in [6, 6.07) is -3.68. The Bertz CT molecular complexity index is 2210. The fourth-order valence-electron chi connectivity index (χ4n) is 7.43. The zero-order valence-electron chi connectivity index (χ0n) is 41.6. The normalized spacial score (nSPS) is 21.2. The summed E-state index contributed by atoms with van der Waals surface area (Å²) in [5.41, 5.74) is 16.5. The van der Waals surface area contributed by atoms with E-state index in [1.165, 1.54) is 24.3 Å². The van der Waals surface area contributed by atoms with Crippen LogP contribution in [0.2, 0.25) is 0 Å². The lowest BCUT2D eigenvalue weighted by Crippen LogP contribution is -2.61. The van der Waals surface area contributed by atoms with E-state index in [1.807, 2.05) is 6.92 Å². The molecule has 72 heavy (non-hydrogen) atoms. The number of benzene rings is 1. The fourth-order valence-corrected chi connectivity index (χ4v) is 8.73. The summed E-state index contributed by atoms with van der Waals surface area (Å²) >= 11 is 0. The molecule has 25 nitrogen and oxygen atoms in total. The number of aromatic hydroxyl groups is 1. The summed E-state index contributed by atoms with van der Waals surface area (Å²) in [7, 11) is -4.30. The standard InChI is InChI=1S/C46H73N11O14S/c1-6-8-9-18-57(25-39(63)52-32(21-26(3)4)41(64)50-24-37(49)61)46(69)31-16-19-72(70,71)20-17-38(62)51-33(22-28-10-12-29(58)13-11-28)44(67)56-40(27(5)7-2)45(68)53-30(14-15-35(47)59)42(65)55-34(23-36(48)60)43(66)54-31/h10-13,26-27,30-34,40,58H,6-9,14-25H2,1-5H3,(H2,47,59)(H2,48,60)(H2,49,61)(H,50,64)(H,51,62)(H,52,63)(H,53,68)(H,54,66)(H,55,65)(H,56,67)/t27-,30-,31-,32-,33-,34-,40-/m0/s1. The molecule has 14 N–H and O–H groups in total. The number of amides is 11. The van der Waals surface area contributed by atoms with E-state index in [9.17, 15) is 66.3 Å². The minimum absolute atomic E-state index is 0.0906. The van der Waals surface area contributed by atoms with Crippen molar-refractivity contribution in [2.24, 2.45) is 29.0 Å². The van der Waals surface area contributed by atoms with E-state index in [-0.39, 0.29) is 31.1 Å². The predicted molar refractivity (Wildman–Crippen MR) is 261 cm³/mol. The second-order valence-corrected chi connectivity index (χ2v) is 20.6. The van der Waals surface area contributed by atoms with Crippen molar-refractivity contribution in [2.45, 2.75) is 141 Å². The first-order valence-corrected chi connectivity index (χ1v) is 25.8. The van der Waals surface area contributed by atoms with Gasteiger partial charge in [0.2, 0.25) is 65.0 Å². The van der Waals surface area contributed by atoms with E-state index in [0.717, 1.165) is 4.90 Å². The van der Waals surface area contributed by atoms with E-state index in [0.29, 0.717) is 31.2 Å². The second kappa shape index (κ2) is 30.1. The minimum Gasteiger partial charge on any atom is -0.508 e. The van der Waals surface area contributed by atoms with Gasteiger partial charge >= 0.3 is 0 Å². The van der Waals surface area contributed by atoms with Crippen LogP contribution in [0.15, 0.2) is 24.3 Å². The third-order valence-electron chi connectivity index (χ3n) is 11.6. The summed E-state index contributed by atoms with van der Waals surface area (Å²) < 4.78 is 27.4. The smallest absolute Gasteiger partial charge is 0.245 e. The maximum Gasteiger partial charge on any atom is 0.245 e. The van der Waals surface area contributed by atoms with Gasteiger partial charge in [-0.25, -0.2) is 8.42 Å². The molecule has 2 rings (SSSR count). The zero-order chi connectivity index (χ0) is 54.3. The van der Waals surface area contributed by atoms with E-state index in [2.05, 4.69) is 37.2 Å². The van der Waals surface area contributed by atoms with Crippen LogP contribution < -0.4 is 54.4 Å². The topological polar surface area (TPSA) is 408 Å². The van der Waals surface area contributed by atoms with Crippen LogP contribution in [0.25, 0.3) is 0 Å². The lowest BCUT2D eigenvalue weighted by atomic mass is 9.96. The summed E-state index contributed by atoms with van der Waals surface area (Å²) in [6.07, 6.45) is -1.44. The molecule has 402 valence electrons. The quantitative estimate of drug-likeness (QED) is 0.0513. The van der Waals surface area contributed by atoms with Gasteiger partial charge in [-0.2, -0.15) is 0 Å². The minimum atomic E-state index is -4.30. The Balaban J connectivity index is 2.74. The number of sulfone groups is 1. The summed E-state index contributed by atoms with van der Waals surface area (Å²) in [6.45, 7) is 7.40. The maximum absolute atomic E-state index is 14.6. The number of hydrogen-bond acceptors (Lipinski definition) is 14. The van der Waals surface area contributed by atoms with E-state index >= 15 is 0 Å². The van der Waals surface area contributed by atoms with Crippen LogP contribution in [0, 0.1) is 11.8 Å². The molecule has 7 atom stereocenters. The van der Waals surface area contributed by atoms with Crippen LogP contribution in [-0.4, -0.2) is 151 Å². The highest BCUT2D eigenvalue weighted by atomic mass is 32.2. The molecule has 0 aromatic heterocycles. The molecule has 26 heteroatoms. The monoisotopic (exact) mass is 1040 g/mol. The Morgan fingerprint density at radius 1 is 0.778 bits per heavy atom. The van der Waals surface area contributed by atoms with E-state index in [4.69, 9.17) is 17.2 Å². The van der Waals surface area contributed by atoms with Crippen LogP contribution in [-0.2, 0) is 69.0 Å². The number of phenolic OH excluding ortho intramolecular Hbond substituents is 1. The van der Waals surface area contributed by atoms with Crippen LogP contribution >= 0.6 is 0 Å². The average Bonchev–Trinajstić information content (AvgIpc) is 3.30. The van der Waals surface area contributed by atoms with Gasteiger partial charge in [-0.15, -0.1) is 0 Å². The number of phenols is 1. The van der Waals surface area contributed by atoms with Gasteiger partial charge < -0.3 is 64.4 Å². The number of hydrogen-bond donors (Lipinski definition) is 11. The molecular formula is C46H73N11O14S. The summed E-state index contributed by atoms with van der Waals surface area (Å²) in [4.78, 5) is 148. The van der Waals surface area contributed by atoms with Crippen LogP contribution in [0.4, 0.5) is 0 Å². The van der Waals surface area contributed by atoms with Crippen molar-refractivity contribution in [3.8, 4) is 5.75 Å². The molecule has 0 aliphatic carbocycles. The third kappa shape index (κ3) is 22.5. The molecule has 0 bridgehead atoms. The van der Waals surface area contributed by atoms with Gasteiger partial charge in [0.05, 0.1) is 31.0 Å². The van der Waals surface area contributed by atoms with Gasteiger partial charge in [0.15, 0.2) is 9.84 Å². The van der Waals surface area contributed by atoms with E-state index in [1.54, 1.807) is 27.7 Å². The number of nitrogens with one attached hydrogen (secondary N) is 7. The molecule has 0 radical (unpaired) electrons. The molecule has 1 aromatic carbocycles. The van der Waals surface area contributed by atoms with Gasteiger partial charge in [0, 0.05) is 25.8 Å². The third-order valence-corrected chi connectivity index (χ3v) is 13.3. The van der Waals surface area contributed by atoms with Crippen LogP contribution in [0.1, 0.15) is 104 Å². The number of unbranched alkanes of at least 4 members (excludes halogenated alkanes) is 2. The van der Waals surface area contributed by atoms with Crippen molar-refractivity contribution in [1.82, 2.24) is 42.1 Å². The molecule has 1 heterocycles. The molecule has 1 aromatic rings. The number of rotatable bonds is 22. The first-order valence-electron chi connectivity index (χ1n) is 23.9. The zero-order valence-corrected chi connectivity index (χ0v) is 42.4. The Morgan fingerprint density at radius 2 is 1.40 bits per heavy atom. The maximum atomic E-state index is 14.6. The van der Waals surface area contributed by atoms with Gasteiger partial charge in [-0.1, -0.05) is 66.0 Å². The van der Waals surface area contributed by atoms with E-state index < -0.39 is 174 Å². The fraction of sp³-hybridized carbons (Fsp3) is 0.630. The van der Waals surface area contributed by atoms with Gasteiger partial charge in [0.1, 0.15) is 42.0 Å². The van der Waals surface area contributed by atoms with Crippen molar-refractivity contribution >= 4 is 74.8 Å². The first-order chi connectivity index (χ1) is 33.7. The molecule has 1 aliphatic rings. The molecule has 1 aliphatic heterocycles. The number of carbonyl (C=O) groups is 11. The highest BCUT2D eigenvalue weighted by Crippen LogP contribution is 2.16. The molecule has 11 amide bonds. The van der Waals surface area contributed by atoms with Crippen molar-refractivity contribution in [2.75, 3.05) is 31.1 Å². The van der Waals surface area contributed by atoms with Gasteiger partial charge in [0.25, 0.3) is 0 Å². The van der Waals surface area contributed by atoms with Crippen LogP contribution in [0.5, 0.6) is 5.75 Å². The second-order valence-electron chi connectivity index (χ2n) is 18.3. The number of nitrogens with zero attached hydrogens (tertiary/aromatic N) is 1. The SMILES string of the molecule is CCCCCN(CC(=O)N[C@@H](CC(C)C)C(=O)NCC(N)=O)C(=O)[C@@H]1CCS(=O)(=O)CCC(=O)N[C@@H](Cc2ccc(O)cc2)C(=O)N[C@@H]([C@@H](C)CC)C(=O)N[C@@H](CCC(N)=O)C(=O)N[C@@H](CC(N)=O)C(=O)N1. The summed E-state index contributed by atoms with van der Waals surface area (Å²) in [5.74, 6) is -13.0. The molecule has 0 spiro atoms. The first kappa shape index (κ1) is 61.3. The highest BCUT2D eigenvalue weighted by Gasteiger charge is 2.37. The van der Waals surface area contributed by atoms with Gasteiger partial charge in [-0.05, 0) is 55.2 Å². The average molecular weight is 1040 g/mol. The Labute approximate surface area is 419 Å². The predicted octanol–water partition coefficient (Wildman–Crippen LogP) is -3.09.